The lowest BCUT2D eigenvalue weighted by molar-refractivity contribution is -0.159. The third kappa shape index (κ3) is 6.04. The molecule has 2 aliphatic rings. The van der Waals surface area contributed by atoms with E-state index in [4.69, 9.17) is 9.47 Å². The molecule has 3 aromatic rings. The molecule has 0 radical (unpaired) electrons. The normalized spacial score (nSPS) is 18.2. The summed E-state index contributed by atoms with van der Waals surface area (Å²) < 4.78 is 53.4. The number of halogens is 3. The first kappa shape index (κ1) is 26.6. The van der Waals surface area contributed by atoms with Gasteiger partial charge in [-0.15, -0.1) is 0 Å². The van der Waals surface area contributed by atoms with Gasteiger partial charge in [-0.25, -0.2) is 0 Å². The van der Waals surface area contributed by atoms with E-state index in [-0.39, 0.29) is 42.1 Å². The third-order valence-electron chi connectivity index (χ3n) is 6.55. The lowest BCUT2D eigenvalue weighted by Crippen LogP contribution is -2.53. The number of hydrogen-bond acceptors (Lipinski definition) is 8. The second kappa shape index (κ2) is 11.4. The van der Waals surface area contributed by atoms with Crippen LogP contribution in [0.15, 0.2) is 53.1 Å². The number of anilines is 1. The fraction of sp³-hybridized carbons (Fsp3) is 0.385. The van der Waals surface area contributed by atoms with E-state index in [1.54, 1.807) is 11.0 Å². The van der Waals surface area contributed by atoms with E-state index in [1.807, 2.05) is 18.2 Å². The van der Waals surface area contributed by atoms with E-state index in [0.717, 1.165) is 5.69 Å². The Labute approximate surface area is 221 Å². The zero-order valence-electron chi connectivity index (χ0n) is 20.8. The summed E-state index contributed by atoms with van der Waals surface area (Å²) in [5.74, 6) is -2.22. The molecule has 206 valence electrons. The first-order valence-corrected chi connectivity index (χ1v) is 12.4. The van der Waals surface area contributed by atoms with Crippen LogP contribution in [0.3, 0.4) is 0 Å². The topological polar surface area (TPSA) is 110 Å². The molecular formula is C26H26F3N5O5. The number of hydrogen-bond donors (Lipinski definition) is 1. The highest BCUT2D eigenvalue weighted by Gasteiger charge is 2.38. The van der Waals surface area contributed by atoms with Crippen molar-refractivity contribution < 1.29 is 36.8 Å². The fourth-order valence-electron chi connectivity index (χ4n) is 4.52. The Morgan fingerprint density at radius 1 is 0.974 bits per heavy atom. The van der Waals surface area contributed by atoms with Gasteiger partial charge in [0.05, 0.1) is 38.0 Å². The predicted octanol–water partition coefficient (Wildman–Crippen LogP) is 2.86. The van der Waals surface area contributed by atoms with Crippen LogP contribution in [0.25, 0.3) is 11.4 Å². The lowest BCUT2D eigenvalue weighted by atomic mass is 10.1. The van der Waals surface area contributed by atoms with Crippen molar-refractivity contribution in [3.8, 4) is 11.4 Å². The van der Waals surface area contributed by atoms with Gasteiger partial charge in [-0.05, 0) is 24.3 Å². The number of morpholine rings is 2. The van der Waals surface area contributed by atoms with Crippen molar-refractivity contribution in [3.63, 3.8) is 0 Å². The largest absolute Gasteiger partial charge is 0.471 e. The summed E-state index contributed by atoms with van der Waals surface area (Å²) in [5.41, 5.74) is 1.99. The van der Waals surface area contributed by atoms with Gasteiger partial charge in [0.2, 0.25) is 5.82 Å². The van der Waals surface area contributed by atoms with Crippen molar-refractivity contribution in [2.75, 3.05) is 57.5 Å². The first-order valence-electron chi connectivity index (χ1n) is 12.4. The molecule has 0 saturated carbocycles. The van der Waals surface area contributed by atoms with Crippen LogP contribution < -0.4 is 10.2 Å². The number of carbonyl (C=O) groups is 2. The van der Waals surface area contributed by atoms with E-state index < -0.39 is 18.0 Å². The molecule has 2 amide bonds. The van der Waals surface area contributed by atoms with Crippen LogP contribution in [0, 0.1) is 0 Å². The molecule has 2 fully saturated rings. The molecule has 0 unspecified atom stereocenters. The van der Waals surface area contributed by atoms with E-state index in [0.29, 0.717) is 45.0 Å². The number of nitrogens with one attached hydrogen (secondary N) is 1. The number of para-hydroxylation sites is 1. The van der Waals surface area contributed by atoms with Crippen LogP contribution in [0.2, 0.25) is 0 Å². The van der Waals surface area contributed by atoms with Crippen molar-refractivity contribution in [1.82, 2.24) is 20.4 Å². The van der Waals surface area contributed by atoms with Crippen molar-refractivity contribution in [2.24, 2.45) is 0 Å². The fourth-order valence-corrected chi connectivity index (χ4v) is 4.52. The second-order valence-electron chi connectivity index (χ2n) is 9.05. The SMILES string of the molecule is O=C(NC[C@@H]1COCCN1C(=O)c1ccccc1N1CCOCC1)c1ccc(-c2noc(C(F)(F)F)n2)cc1. The molecule has 0 aliphatic carbocycles. The number of amides is 2. The molecule has 5 rings (SSSR count). The number of ether oxygens (including phenoxy) is 2. The van der Waals surface area contributed by atoms with Crippen LogP contribution >= 0.6 is 0 Å². The molecule has 1 N–H and O–H groups in total. The number of nitrogens with zero attached hydrogens (tertiary/aromatic N) is 4. The van der Waals surface area contributed by atoms with Gasteiger partial charge in [-0.1, -0.05) is 29.4 Å². The molecule has 10 nitrogen and oxygen atoms in total. The minimum absolute atomic E-state index is 0.137. The molecule has 1 atom stereocenters. The Morgan fingerprint density at radius 3 is 2.41 bits per heavy atom. The maximum Gasteiger partial charge on any atom is 0.471 e. The van der Waals surface area contributed by atoms with Crippen LogP contribution in [-0.2, 0) is 15.7 Å². The van der Waals surface area contributed by atoms with Crippen molar-refractivity contribution in [2.45, 2.75) is 12.2 Å². The standard InChI is InChI=1S/C26H26F3N5O5/c27-26(28,29)25-31-22(32-39-25)17-5-7-18(8-6-17)23(35)30-15-19-16-38-14-11-34(19)24(36)20-3-1-2-4-21(20)33-9-12-37-13-10-33/h1-8,19H,9-16H2,(H,30,35)/t19-/m1/s1. The summed E-state index contributed by atoms with van der Waals surface area (Å²) >= 11 is 0. The second-order valence-corrected chi connectivity index (χ2v) is 9.05. The van der Waals surface area contributed by atoms with E-state index in [1.165, 1.54) is 24.3 Å². The maximum absolute atomic E-state index is 13.6. The molecule has 0 spiro atoms. The maximum atomic E-state index is 13.6. The van der Waals surface area contributed by atoms with Gasteiger partial charge in [-0.3, -0.25) is 9.59 Å². The molecule has 0 bridgehead atoms. The van der Waals surface area contributed by atoms with Gasteiger partial charge in [0.15, 0.2) is 0 Å². The minimum Gasteiger partial charge on any atom is -0.378 e. The molecule has 2 saturated heterocycles. The van der Waals surface area contributed by atoms with Gasteiger partial charge in [0.25, 0.3) is 11.8 Å². The monoisotopic (exact) mass is 545 g/mol. The van der Waals surface area contributed by atoms with Gasteiger partial charge in [0.1, 0.15) is 0 Å². The number of carbonyl (C=O) groups excluding carboxylic acids is 2. The van der Waals surface area contributed by atoms with E-state index in [2.05, 4.69) is 24.9 Å². The zero-order valence-corrected chi connectivity index (χ0v) is 20.8. The van der Waals surface area contributed by atoms with Crippen LogP contribution in [0.1, 0.15) is 26.6 Å². The van der Waals surface area contributed by atoms with E-state index in [9.17, 15) is 22.8 Å². The zero-order chi connectivity index (χ0) is 27.4. The van der Waals surface area contributed by atoms with E-state index >= 15 is 0 Å². The van der Waals surface area contributed by atoms with Gasteiger partial charge in [0, 0.05) is 43.0 Å². The summed E-state index contributed by atoms with van der Waals surface area (Å²) in [4.78, 5) is 33.6. The summed E-state index contributed by atoms with van der Waals surface area (Å²) in [6.07, 6.45) is -4.74. The summed E-state index contributed by atoms with van der Waals surface area (Å²) in [5, 5.41) is 6.17. The number of rotatable bonds is 6. The van der Waals surface area contributed by atoms with Gasteiger partial charge in [-0.2, -0.15) is 18.2 Å². The van der Waals surface area contributed by atoms with Crippen LogP contribution in [0.5, 0.6) is 0 Å². The molecule has 13 heteroatoms. The highest BCUT2D eigenvalue weighted by molar-refractivity contribution is 6.00. The molecular weight excluding hydrogens is 519 g/mol. The number of aromatic nitrogens is 2. The predicted molar refractivity (Wildman–Crippen MR) is 132 cm³/mol. The molecule has 39 heavy (non-hydrogen) atoms. The van der Waals surface area contributed by atoms with Gasteiger partial charge < -0.3 is 29.1 Å². The van der Waals surface area contributed by atoms with Crippen molar-refractivity contribution in [1.29, 1.82) is 0 Å². The average molecular weight is 546 g/mol. The summed E-state index contributed by atoms with van der Waals surface area (Å²) in [7, 11) is 0. The first-order chi connectivity index (χ1) is 18.8. The quantitative estimate of drug-likeness (QED) is 0.504. The molecule has 1 aromatic heterocycles. The minimum atomic E-state index is -4.74. The Hall–Kier alpha value is -3.97. The molecule has 2 aromatic carbocycles. The number of benzene rings is 2. The lowest BCUT2D eigenvalue weighted by Gasteiger charge is -2.37. The highest BCUT2D eigenvalue weighted by Crippen LogP contribution is 2.29. The molecule has 3 heterocycles. The Bertz CT molecular complexity index is 1310. The third-order valence-corrected chi connectivity index (χ3v) is 6.55. The Balaban J connectivity index is 1.24. The average Bonchev–Trinajstić information content (AvgIpc) is 3.48. The number of alkyl halides is 3. The van der Waals surface area contributed by atoms with Gasteiger partial charge >= 0.3 is 12.1 Å². The van der Waals surface area contributed by atoms with Crippen LogP contribution in [0.4, 0.5) is 18.9 Å². The smallest absolute Gasteiger partial charge is 0.378 e. The molecule has 2 aliphatic heterocycles. The summed E-state index contributed by atoms with van der Waals surface area (Å²) in [6.45, 7) is 3.79. The Kier molecular flexibility index (Phi) is 7.79. The van der Waals surface area contributed by atoms with Crippen LogP contribution in [-0.4, -0.2) is 85.5 Å². The Morgan fingerprint density at radius 2 is 1.69 bits per heavy atom. The van der Waals surface area contributed by atoms with Crippen molar-refractivity contribution in [3.05, 3.63) is 65.5 Å². The highest BCUT2D eigenvalue weighted by atomic mass is 19.4. The van der Waals surface area contributed by atoms with Crippen molar-refractivity contribution >= 4 is 17.5 Å². The summed E-state index contributed by atoms with van der Waals surface area (Å²) in [6, 6.07) is 12.9.